The van der Waals surface area contributed by atoms with Gasteiger partial charge in [0.1, 0.15) is 5.82 Å². The third-order valence-electron chi connectivity index (χ3n) is 4.73. The molecule has 0 atom stereocenters. The summed E-state index contributed by atoms with van der Waals surface area (Å²) in [6.07, 6.45) is 1.86. The molecule has 170 valence electrons. The van der Waals surface area contributed by atoms with Crippen molar-refractivity contribution in [1.29, 1.82) is 0 Å². The number of hydrogen-bond donors (Lipinski definition) is 3. The third-order valence-corrected chi connectivity index (χ3v) is 4.73. The van der Waals surface area contributed by atoms with E-state index in [0.717, 1.165) is 35.1 Å². The Hall–Kier alpha value is -2.88. The zero-order valence-electron chi connectivity index (χ0n) is 18.8. The number of H-pyrrole nitrogens is 1. The molecule has 3 N–H and O–H groups in total. The van der Waals surface area contributed by atoms with Crippen LogP contribution in [0.4, 0.5) is 0 Å². The van der Waals surface area contributed by atoms with Crippen LogP contribution >= 0.6 is 24.0 Å². The van der Waals surface area contributed by atoms with Gasteiger partial charge in [0.25, 0.3) is 5.91 Å². The number of benzene rings is 2. The van der Waals surface area contributed by atoms with Crippen molar-refractivity contribution >= 4 is 35.8 Å². The average molecular weight is 546 g/mol. The maximum atomic E-state index is 12.1. The molecule has 7 nitrogen and oxygen atoms in total. The van der Waals surface area contributed by atoms with Gasteiger partial charge in [-0.25, -0.2) is 9.98 Å². The van der Waals surface area contributed by atoms with Gasteiger partial charge in [0.05, 0.1) is 25.0 Å². The molecule has 0 saturated heterocycles. The number of nitrogens with one attached hydrogen (secondary N) is 3. The number of halogens is 1. The Morgan fingerprint density at radius 3 is 2.53 bits per heavy atom. The highest BCUT2D eigenvalue weighted by Gasteiger charge is 2.10. The van der Waals surface area contributed by atoms with Crippen LogP contribution in [0.5, 0.6) is 0 Å². The number of aromatic amines is 1. The fourth-order valence-electron chi connectivity index (χ4n) is 3.22. The van der Waals surface area contributed by atoms with E-state index < -0.39 is 0 Å². The van der Waals surface area contributed by atoms with Crippen molar-refractivity contribution in [3.8, 4) is 11.3 Å². The van der Waals surface area contributed by atoms with Gasteiger partial charge < -0.3 is 20.5 Å². The van der Waals surface area contributed by atoms with Crippen molar-refractivity contribution in [3.63, 3.8) is 0 Å². The number of rotatable bonds is 8. The maximum Gasteiger partial charge on any atom is 0.251 e. The van der Waals surface area contributed by atoms with Gasteiger partial charge in [0.2, 0.25) is 0 Å². The molecular formula is C24H31IN6O. The van der Waals surface area contributed by atoms with E-state index in [1.54, 1.807) is 0 Å². The standard InChI is InChI=1S/C24H30N6O.HI/c1-4-25-23(31)20-13-9-10-18(14-20)15-28-24(26-5-2)30(3)17-22-27-16-21(29-22)19-11-7-6-8-12-19;/h6-14,16H,4-5,15,17H2,1-3H3,(H,25,31)(H,26,28)(H,27,29);1H. The predicted octanol–water partition coefficient (Wildman–Crippen LogP) is 4.04. The molecule has 0 aliphatic rings. The van der Waals surface area contributed by atoms with Crippen LogP contribution in [0, 0.1) is 0 Å². The summed E-state index contributed by atoms with van der Waals surface area (Å²) < 4.78 is 0. The largest absolute Gasteiger partial charge is 0.357 e. The minimum Gasteiger partial charge on any atom is -0.357 e. The van der Waals surface area contributed by atoms with E-state index in [0.29, 0.717) is 25.2 Å². The number of nitrogens with zero attached hydrogens (tertiary/aromatic N) is 3. The van der Waals surface area contributed by atoms with E-state index >= 15 is 0 Å². The molecule has 32 heavy (non-hydrogen) atoms. The van der Waals surface area contributed by atoms with Crippen LogP contribution in [-0.2, 0) is 13.1 Å². The van der Waals surface area contributed by atoms with Crippen molar-refractivity contribution in [3.05, 3.63) is 77.7 Å². The molecule has 3 aromatic rings. The van der Waals surface area contributed by atoms with Crippen LogP contribution in [0.25, 0.3) is 11.3 Å². The molecule has 1 heterocycles. The Balaban J connectivity index is 0.00000363. The minimum atomic E-state index is -0.0654. The van der Waals surface area contributed by atoms with Gasteiger partial charge in [0.15, 0.2) is 5.96 Å². The SMILES string of the molecule is CCNC(=O)c1cccc(CN=C(NCC)N(C)Cc2ncc(-c3ccccc3)[nH]2)c1.I. The van der Waals surface area contributed by atoms with Crippen LogP contribution in [0.3, 0.4) is 0 Å². The highest BCUT2D eigenvalue weighted by Crippen LogP contribution is 2.16. The van der Waals surface area contributed by atoms with Crippen LogP contribution in [0.15, 0.2) is 65.8 Å². The Bertz CT molecular complexity index is 1020. The van der Waals surface area contributed by atoms with E-state index in [2.05, 4.69) is 32.7 Å². The fraction of sp³-hybridized carbons (Fsp3) is 0.292. The first-order valence-corrected chi connectivity index (χ1v) is 10.6. The lowest BCUT2D eigenvalue weighted by Crippen LogP contribution is -2.38. The first-order valence-electron chi connectivity index (χ1n) is 10.6. The van der Waals surface area contributed by atoms with Crippen molar-refractivity contribution in [2.45, 2.75) is 26.9 Å². The predicted molar refractivity (Wildman–Crippen MR) is 140 cm³/mol. The molecular weight excluding hydrogens is 515 g/mol. The maximum absolute atomic E-state index is 12.1. The van der Waals surface area contributed by atoms with Crippen LogP contribution in [0.1, 0.15) is 35.6 Å². The molecule has 0 unspecified atom stereocenters. The molecule has 0 aliphatic carbocycles. The summed E-state index contributed by atoms with van der Waals surface area (Å²) in [5, 5.41) is 6.15. The number of carbonyl (C=O) groups excluding carboxylic acids is 1. The minimum absolute atomic E-state index is 0. The molecule has 8 heteroatoms. The number of aromatic nitrogens is 2. The Kier molecular flexibility index (Phi) is 10.2. The molecule has 1 aromatic heterocycles. The number of imidazole rings is 1. The molecule has 3 rings (SSSR count). The molecule has 0 spiro atoms. The summed E-state index contributed by atoms with van der Waals surface area (Å²) in [5.41, 5.74) is 3.73. The molecule has 0 fully saturated rings. The summed E-state index contributed by atoms with van der Waals surface area (Å²) in [4.78, 5) is 26.8. The quantitative estimate of drug-likeness (QED) is 0.226. The van der Waals surface area contributed by atoms with Crippen LogP contribution < -0.4 is 10.6 Å². The summed E-state index contributed by atoms with van der Waals surface area (Å²) >= 11 is 0. The third kappa shape index (κ3) is 7.08. The lowest BCUT2D eigenvalue weighted by molar-refractivity contribution is 0.0955. The lowest BCUT2D eigenvalue weighted by atomic mass is 10.1. The number of amides is 1. The van der Waals surface area contributed by atoms with Crippen molar-refractivity contribution in [2.75, 3.05) is 20.1 Å². The number of aliphatic imine (C=N–C) groups is 1. The Morgan fingerprint density at radius 1 is 1.06 bits per heavy atom. The zero-order chi connectivity index (χ0) is 22.1. The van der Waals surface area contributed by atoms with Crippen molar-refractivity contribution in [2.24, 2.45) is 4.99 Å². The number of guanidine groups is 1. The summed E-state index contributed by atoms with van der Waals surface area (Å²) in [6, 6.07) is 17.7. The van der Waals surface area contributed by atoms with E-state index in [4.69, 9.17) is 4.99 Å². The van der Waals surface area contributed by atoms with E-state index in [1.807, 2.05) is 74.5 Å². The first kappa shape index (κ1) is 25.4. The van der Waals surface area contributed by atoms with E-state index in [9.17, 15) is 4.79 Å². The lowest BCUT2D eigenvalue weighted by Gasteiger charge is -2.21. The van der Waals surface area contributed by atoms with Gasteiger partial charge in [-0.1, -0.05) is 42.5 Å². The molecule has 0 saturated carbocycles. The number of carbonyl (C=O) groups is 1. The second-order valence-corrected chi connectivity index (χ2v) is 7.20. The van der Waals surface area contributed by atoms with Gasteiger partial charge in [-0.2, -0.15) is 0 Å². The fourth-order valence-corrected chi connectivity index (χ4v) is 3.22. The molecule has 1 amide bonds. The Morgan fingerprint density at radius 2 is 1.81 bits per heavy atom. The summed E-state index contributed by atoms with van der Waals surface area (Å²) in [7, 11) is 1.98. The second-order valence-electron chi connectivity index (χ2n) is 7.20. The highest BCUT2D eigenvalue weighted by atomic mass is 127. The average Bonchev–Trinajstić information content (AvgIpc) is 3.26. The van der Waals surface area contributed by atoms with Crippen LogP contribution in [-0.4, -0.2) is 46.9 Å². The second kappa shape index (κ2) is 12.8. The first-order chi connectivity index (χ1) is 15.1. The van der Waals surface area contributed by atoms with Crippen LogP contribution in [0.2, 0.25) is 0 Å². The van der Waals surface area contributed by atoms with Gasteiger partial charge in [-0.15, -0.1) is 24.0 Å². The van der Waals surface area contributed by atoms with Crippen molar-refractivity contribution in [1.82, 2.24) is 25.5 Å². The van der Waals surface area contributed by atoms with Gasteiger partial charge >= 0.3 is 0 Å². The normalized spacial score (nSPS) is 10.9. The van der Waals surface area contributed by atoms with Gasteiger partial charge in [-0.3, -0.25) is 4.79 Å². The van der Waals surface area contributed by atoms with Gasteiger partial charge in [-0.05, 0) is 37.1 Å². The smallest absolute Gasteiger partial charge is 0.251 e. The van der Waals surface area contributed by atoms with E-state index in [-0.39, 0.29) is 29.9 Å². The molecule has 0 radical (unpaired) electrons. The van der Waals surface area contributed by atoms with E-state index in [1.165, 1.54) is 0 Å². The molecule has 0 aliphatic heterocycles. The topological polar surface area (TPSA) is 85.4 Å². The summed E-state index contributed by atoms with van der Waals surface area (Å²) in [6.45, 7) is 6.39. The molecule has 0 bridgehead atoms. The number of hydrogen-bond acceptors (Lipinski definition) is 3. The highest BCUT2D eigenvalue weighted by molar-refractivity contribution is 14.0. The van der Waals surface area contributed by atoms with Crippen molar-refractivity contribution < 1.29 is 4.79 Å². The monoisotopic (exact) mass is 546 g/mol. The zero-order valence-corrected chi connectivity index (χ0v) is 21.1. The Labute approximate surface area is 206 Å². The summed E-state index contributed by atoms with van der Waals surface area (Å²) in [5.74, 6) is 1.58. The molecule has 2 aromatic carbocycles. The van der Waals surface area contributed by atoms with Gasteiger partial charge in [0, 0.05) is 25.7 Å².